The fourth-order valence-corrected chi connectivity index (χ4v) is 2.74. The first-order chi connectivity index (χ1) is 11.1. The minimum Gasteiger partial charge on any atom is -0.368 e. The van der Waals surface area contributed by atoms with Crippen LogP contribution in [0.15, 0.2) is 30.3 Å². The highest BCUT2D eigenvalue weighted by molar-refractivity contribution is 6.37. The highest BCUT2D eigenvalue weighted by atomic mass is 16.2. The van der Waals surface area contributed by atoms with Crippen LogP contribution in [0.5, 0.6) is 0 Å². The van der Waals surface area contributed by atoms with Crippen molar-refractivity contribution < 1.29 is 14.4 Å². The van der Waals surface area contributed by atoms with Crippen molar-refractivity contribution in [1.29, 1.82) is 0 Å². The third-order valence-corrected chi connectivity index (χ3v) is 4.33. The zero-order valence-corrected chi connectivity index (χ0v) is 13.0. The van der Waals surface area contributed by atoms with E-state index in [0.717, 1.165) is 31.6 Å². The van der Waals surface area contributed by atoms with Gasteiger partial charge in [-0.05, 0) is 25.0 Å². The largest absolute Gasteiger partial charge is 0.368 e. The summed E-state index contributed by atoms with van der Waals surface area (Å²) in [6.07, 6.45) is 1.59. The summed E-state index contributed by atoms with van der Waals surface area (Å²) in [4.78, 5) is 39.3. The molecular weight excluding hydrogens is 294 g/mol. The first-order valence-electron chi connectivity index (χ1n) is 8.05. The number of nitrogens with one attached hydrogen (secondary N) is 1. The van der Waals surface area contributed by atoms with E-state index < -0.39 is 5.91 Å². The van der Waals surface area contributed by atoms with E-state index in [9.17, 15) is 14.4 Å². The van der Waals surface area contributed by atoms with E-state index in [2.05, 4.69) is 22.3 Å². The van der Waals surface area contributed by atoms with Gasteiger partial charge in [0.1, 0.15) is 0 Å². The third-order valence-electron chi connectivity index (χ3n) is 4.33. The number of piperazine rings is 1. The van der Waals surface area contributed by atoms with E-state index in [0.29, 0.717) is 13.1 Å². The summed E-state index contributed by atoms with van der Waals surface area (Å²) in [5.74, 6) is -1.25. The monoisotopic (exact) mass is 315 g/mol. The van der Waals surface area contributed by atoms with Crippen molar-refractivity contribution in [2.45, 2.75) is 12.8 Å². The summed E-state index contributed by atoms with van der Waals surface area (Å²) in [5, 5.41) is 2.45. The number of hydrogen-bond acceptors (Lipinski definition) is 4. The van der Waals surface area contributed by atoms with Crippen LogP contribution in [-0.2, 0) is 14.4 Å². The number of amides is 2. The topological polar surface area (TPSA) is 69.7 Å². The highest BCUT2D eigenvalue weighted by Gasteiger charge is 2.34. The maximum Gasteiger partial charge on any atom is 0.288 e. The van der Waals surface area contributed by atoms with E-state index in [-0.39, 0.29) is 24.2 Å². The van der Waals surface area contributed by atoms with Gasteiger partial charge in [-0.1, -0.05) is 18.2 Å². The molecule has 0 spiro atoms. The molecular formula is C17H21N3O3. The van der Waals surface area contributed by atoms with Gasteiger partial charge in [0.15, 0.2) is 0 Å². The van der Waals surface area contributed by atoms with Gasteiger partial charge in [0, 0.05) is 37.8 Å². The Balaban J connectivity index is 1.43. The molecule has 2 fully saturated rings. The van der Waals surface area contributed by atoms with Crippen LogP contribution in [0.1, 0.15) is 12.8 Å². The van der Waals surface area contributed by atoms with Crippen molar-refractivity contribution in [3.05, 3.63) is 30.3 Å². The van der Waals surface area contributed by atoms with Crippen LogP contribution < -0.4 is 10.2 Å². The second-order valence-corrected chi connectivity index (χ2v) is 6.02. The molecule has 1 aromatic carbocycles. The smallest absolute Gasteiger partial charge is 0.288 e. The van der Waals surface area contributed by atoms with Gasteiger partial charge in [-0.25, -0.2) is 0 Å². The predicted octanol–water partition coefficient (Wildman–Crippen LogP) is 0.430. The molecule has 0 bridgehead atoms. The fourth-order valence-electron chi connectivity index (χ4n) is 2.74. The maximum absolute atomic E-state index is 12.1. The van der Waals surface area contributed by atoms with Crippen LogP contribution in [0.2, 0.25) is 0 Å². The SMILES string of the molecule is O=C(NCC(=O)N1CCN(c2ccccc2)CC1)C(=O)C1CC1. The number of rotatable bonds is 5. The van der Waals surface area contributed by atoms with Gasteiger partial charge in [-0.15, -0.1) is 0 Å². The quantitative estimate of drug-likeness (QED) is 0.800. The Kier molecular flexibility index (Phi) is 4.60. The molecule has 2 aliphatic rings. The lowest BCUT2D eigenvalue weighted by molar-refractivity contribution is -0.140. The zero-order valence-electron chi connectivity index (χ0n) is 13.0. The summed E-state index contributed by atoms with van der Waals surface area (Å²) >= 11 is 0. The van der Waals surface area contributed by atoms with Gasteiger partial charge in [0.05, 0.1) is 6.54 Å². The Morgan fingerprint density at radius 2 is 1.65 bits per heavy atom. The van der Waals surface area contributed by atoms with Crippen LogP contribution in [0, 0.1) is 5.92 Å². The third kappa shape index (κ3) is 3.88. The number of benzene rings is 1. The number of Topliss-reactive ketones (excluding diaryl/α,β-unsaturated/α-hetero) is 1. The standard InChI is InChI=1S/C17H21N3O3/c21-15(12-18-17(23)16(22)13-6-7-13)20-10-8-19(9-11-20)14-4-2-1-3-5-14/h1-5,13H,6-12H2,(H,18,23). The molecule has 1 aliphatic heterocycles. The first kappa shape index (κ1) is 15.5. The van der Waals surface area contributed by atoms with Crippen molar-refractivity contribution in [2.24, 2.45) is 5.92 Å². The van der Waals surface area contributed by atoms with E-state index >= 15 is 0 Å². The number of para-hydroxylation sites is 1. The fraction of sp³-hybridized carbons (Fsp3) is 0.471. The second kappa shape index (κ2) is 6.81. The Hall–Kier alpha value is -2.37. The minimum absolute atomic E-state index is 0.0946. The van der Waals surface area contributed by atoms with Crippen LogP contribution in [0.3, 0.4) is 0 Å². The Morgan fingerprint density at radius 1 is 1.00 bits per heavy atom. The van der Waals surface area contributed by atoms with E-state index in [1.165, 1.54) is 0 Å². The zero-order chi connectivity index (χ0) is 16.2. The van der Waals surface area contributed by atoms with Crippen molar-refractivity contribution in [2.75, 3.05) is 37.6 Å². The molecule has 6 heteroatoms. The first-order valence-corrected chi connectivity index (χ1v) is 8.05. The van der Waals surface area contributed by atoms with Gasteiger partial charge < -0.3 is 15.1 Å². The van der Waals surface area contributed by atoms with Crippen LogP contribution in [-0.4, -0.2) is 55.2 Å². The molecule has 0 atom stereocenters. The predicted molar refractivity (Wildman–Crippen MR) is 86.0 cm³/mol. The molecule has 122 valence electrons. The van der Waals surface area contributed by atoms with Crippen molar-refractivity contribution in [3.63, 3.8) is 0 Å². The summed E-state index contributed by atoms with van der Waals surface area (Å²) in [5.41, 5.74) is 1.16. The molecule has 0 unspecified atom stereocenters. The molecule has 1 aliphatic carbocycles. The number of nitrogens with zero attached hydrogens (tertiary/aromatic N) is 2. The van der Waals surface area contributed by atoms with E-state index in [1.54, 1.807) is 4.90 Å². The van der Waals surface area contributed by atoms with Gasteiger partial charge >= 0.3 is 0 Å². The van der Waals surface area contributed by atoms with Gasteiger partial charge in [0.2, 0.25) is 11.7 Å². The molecule has 0 radical (unpaired) electrons. The Labute approximate surface area is 135 Å². The molecule has 1 N–H and O–H groups in total. The number of carbonyl (C=O) groups is 3. The van der Waals surface area contributed by atoms with E-state index in [4.69, 9.17) is 0 Å². The number of carbonyl (C=O) groups excluding carboxylic acids is 3. The van der Waals surface area contributed by atoms with Crippen LogP contribution >= 0.6 is 0 Å². The van der Waals surface area contributed by atoms with Gasteiger partial charge in [0.25, 0.3) is 5.91 Å². The van der Waals surface area contributed by atoms with Gasteiger partial charge in [-0.3, -0.25) is 14.4 Å². The molecule has 2 amide bonds. The number of ketones is 1. The van der Waals surface area contributed by atoms with Crippen LogP contribution in [0.25, 0.3) is 0 Å². The minimum atomic E-state index is -0.622. The molecule has 3 rings (SSSR count). The van der Waals surface area contributed by atoms with Crippen LogP contribution in [0.4, 0.5) is 5.69 Å². The summed E-state index contributed by atoms with van der Waals surface area (Å²) in [7, 11) is 0. The van der Waals surface area contributed by atoms with Crippen molar-refractivity contribution >= 4 is 23.3 Å². The van der Waals surface area contributed by atoms with Gasteiger partial charge in [-0.2, -0.15) is 0 Å². The molecule has 1 saturated heterocycles. The number of hydrogen-bond donors (Lipinski definition) is 1. The van der Waals surface area contributed by atoms with E-state index in [1.807, 2.05) is 18.2 Å². The maximum atomic E-state index is 12.1. The average Bonchev–Trinajstić information content (AvgIpc) is 3.44. The normalized spacial score (nSPS) is 17.7. The Bertz CT molecular complexity index is 590. The molecule has 1 saturated carbocycles. The lowest BCUT2D eigenvalue weighted by Crippen LogP contribution is -2.51. The second-order valence-electron chi connectivity index (χ2n) is 6.02. The molecule has 1 aromatic rings. The Morgan fingerprint density at radius 3 is 2.26 bits per heavy atom. The van der Waals surface area contributed by atoms with Crippen molar-refractivity contribution in [3.8, 4) is 0 Å². The highest BCUT2D eigenvalue weighted by Crippen LogP contribution is 2.29. The molecule has 23 heavy (non-hydrogen) atoms. The summed E-state index contributed by atoms with van der Waals surface area (Å²) in [6, 6.07) is 10.1. The molecule has 1 heterocycles. The number of anilines is 1. The average molecular weight is 315 g/mol. The summed E-state index contributed by atoms with van der Waals surface area (Å²) in [6.45, 7) is 2.69. The lowest BCUT2D eigenvalue weighted by Gasteiger charge is -2.36. The molecule has 6 nitrogen and oxygen atoms in total. The lowest BCUT2D eigenvalue weighted by atomic mass is 10.2. The van der Waals surface area contributed by atoms with Crippen molar-refractivity contribution in [1.82, 2.24) is 10.2 Å². The molecule has 0 aromatic heterocycles. The summed E-state index contributed by atoms with van der Waals surface area (Å²) < 4.78 is 0.